The largest absolute Gasteiger partial charge is 0.379 e. The molecular weight excluding hydrogens is 312 g/mol. The number of hydrogen-bond donors (Lipinski definition) is 2. The van der Waals surface area contributed by atoms with Crippen molar-refractivity contribution < 1.29 is 4.74 Å². The van der Waals surface area contributed by atoms with Crippen molar-refractivity contribution in [3.05, 3.63) is 65.2 Å². The maximum atomic E-state index is 5.97. The van der Waals surface area contributed by atoms with Crippen molar-refractivity contribution in [1.29, 1.82) is 0 Å². The highest BCUT2D eigenvalue weighted by molar-refractivity contribution is 5.92. The summed E-state index contributed by atoms with van der Waals surface area (Å²) < 4.78 is 5.39. The molecule has 0 aromatic heterocycles. The molecule has 1 aliphatic rings. The van der Waals surface area contributed by atoms with Gasteiger partial charge in [0.25, 0.3) is 0 Å². The molecular formula is C20H26N4O. The minimum atomic E-state index is 0.432. The maximum Gasteiger partial charge on any atom is 0.193 e. The summed E-state index contributed by atoms with van der Waals surface area (Å²) in [7, 11) is 0. The maximum absolute atomic E-state index is 5.97. The van der Waals surface area contributed by atoms with Crippen LogP contribution in [0.1, 0.15) is 16.7 Å². The normalized spacial score (nSPS) is 16.0. The number of benzene rings is 2. The molecule has 1 saturated heterocycles. The zero-order valence-corrected chi connectivity index (χ0v) is 14.7. The molecule has 2 aromatic carbocycles. The molecule has 3 N–H and O–H groups in total. The zero-order valence-electron chi connectivity index (χ0n) is 14.7. The molecule has 0 bridgehead atoms. The molecule has 132 valence electrons. The Morgan fingerprint density at radius 1 is 1.04 bits per heavy atom. The van der Waals surface area contributed by atoms with Gasteiger partial charge in [-0.3, -0.25) is 4.90 Å². The first-order valence-electron chi connectivity index (χ1n) is 8.70. The Morgan fingerprint density at radius 2 is 1.68 bits per heavy atom. The predicted molar refractivity (Wildman–Crippen MR) is 103 cm³/mol. The van der Waals surface area contributed by atoms with Crippen molar-refractivity contribution in [2.75, 3.05) is 31.6 Å². The van der Waals surface area contributed by atoms with E-state index < -0.39 is 0 Å². The Morgan fingerprint density at radius 3 is 2.36 bits per heavy atom. The van der Waals surface area contributed by atoms with Crippen molar-refractivity contribution >= 4 is 11.6 Å². The van der Waals surface area contributed by atoms with Crippen LogP contribution >= 0.6 is 0 Å². The fraction of sp³-hybridized carbons (Fsp3) is 0.350. The lowest BCUT2D eigenvalue weighted by Crippen LogP contribution is -2.35. The van der Waals surface area contributed by atoms with Crippen LogP contribution in [0.15, 0.2) is 53.5 Å². The van der Waals surface area contributed by atoms with Gasteiger partial charge in [0.2, 0.25) is 0 Å². The Labute approximate surface area is 149 Å². The SMILES string of the molecule is Cc1ccc(NC(N)=NCc2ccc(CN3CCOCC3)cc2)cc1. The lowest BCUT2D eigenvalue weighted by atomic mass is 10.1. The second-order valence-corrected chi connectivity index (χ2v) is 6.40. The standard InChI is InChI=1S/C20H26N4O/c1-16-2-8-19(9-3-16)23-20(21)22-14-17-4-6-18(7-5-17)15-24-10-12-25-13-11-24/h2-9H,10-15H2,1H3,(H3,21,22,23). The molecule has 25 heavy (non-hydrogen) atoms. The van der Waals surface area contributed by atoms with Gasteiger partial charge in [-0.2, -0.15) is 0 Å². The Balaban J connectivity index is 1.51. The number of anilines is 1. The monoisotopic (exact) mass is 338 g/mol. The first-order chi connectivity index (χ1) is 12.2. The van der Waals surface area contributed by atoms with E-state index in [1.807, 2.05) is 24.3 Å². The number of aliphatic imine (C=N–C) groups is 1. The molecule has 0 radical (unpaired) electrons. The fourth-order valence-electron chi connectivity index (χ4n) is 2.77. The fourth-order valence-corrected chi connectivity index (χ4v) is 2.77. The van der Waals surface area contributed by atoms with Crippen molar-refractivity contribution in [2.24, 2.45) is 10.7 Å². The molecule has 0 aliphatic carbocycles. The molecule has 1 heterocycles. The number of nitrogens with zero attached hydrogens (tertiary/aromatic N) is 2. The molecule has 5 heteroatoms. The van der Waals surface area contributed by atoms with Crippen LogP contribution in [0.5, 0.6) is 0 Å². The molecule has 0 saturated carbocycles. The summed E-state index contributed by atoms with van der Waals surface area (Å²) in [5, 5.41) is 3.11. The van der Waals surface area contributed by atoms with Gasteiger partial charge in [-0.05, 0) is 30.2 Å². The smallest absolute Gasteiger partial charge is 0.193 e. The van der Waals surface area contributed by atoms with Gasteiger partial charge in [0.05, 0.1) is 19.8 Å². The van der Waals surface area contributed by atoms with Gasteiger partial charge in [-0.15, -0.1) is 0 Å². The van der Waals surface area contributed by atoms with Crippen LogP contribution in [-0.2, 0) is 17.8 Å². The van der Waals surface area contributed by atoms with Gasteiger partial charge in [-0.1, -0.05) is 42.0 Å². The highest BCUT2D eigenvalue weighted by atomic mass is 16.5. The molecule has 2 aromatic rings. The van der Waals surface area contributed by atoms with E-state index >= 15 is 0 Å². The van der Waals surface area contributed by atoms with Gasteiger partial charge in [0.1, 0.15) is 0 Å². The van der Waals surface area contributed by atoms with Crippen LogP contribution in [0.3, 0.4) is 0 Å². The zero-order chi connectivity index (χ0) is 17.5. The van der Waals surface area contributed by atoms with E-state index in [1.165, 1.54) is 11.1 Å². The third kappa shape index (κ3) is 5.59. The minimum Gasteiger partial charge on any atom is -0.379 e. The topological polar surface area (TPSA) is 62.9 Å². The second kappa shape index (κ2) is 8.65. The minimum absolute atomic E-state index is 0.432. The summed E-state index contributed by atoms with van der Waals surface area (Å²) in [5.41, 5.74) is 10.6. The Kier molecular flexibility index (Phi) is 6.04. The third-order valence-electron chi connectivity index (χ3n) is 4.29. The lowest BCUT2D eigenvalue weighted by Gasteiger charge is -2.26. The summed E-state index contributed by atoms with van der Waals surface area (Å²) in [6, 6.07) is 16.7. The van der Waals surface area contributed by atoms with Crippen LogP contribution in [0.25, 0.3) is 0 Å². The van der Waals surface area contributed by atoms with E-state index in [0.717, 1.165) is 44.1 Å². The van der Waals surface area contributed by atoms with Crippen molar-refractivity contribution in [1.82, 2.24) is 4.90 Å². The van der Waals surface area contributed by atoms with Crippen LogP contribution in [0, 0.1) is 6.92 Å². The van der Waals surface area contributed by atoms with Crippen LogP contribution in [-0.4, -0.2) is 37.2 Å². The predicted octanol–water partition coefficient (Wildman–Crippen LogP) is 2.75. The van der Waals surface area contributed by atoms with Crippen molar-refractivity contribution in [3.8, 4) is 0 Å². The molecule has 0 atom stereocenters. The van der Waals surface area contributed by atoms with Crippen LogP contribution < -0.4 is 11.1 Å². The number of nitrogens with one attached hydrogen (secondary N) is 1. The summed E-state index contributed by atoms with van der Waals surface area (Å²) in [6.07, 6.45) is 0. The number of aryl methyl sites for hydroxylation is 1. The van der Waals surface area contributed by atoms with Crippen LogP contribution in [0.2, 0.25) is 0 Å². The number of ether oxygens (including phenoxy) is 1. The lowest BCUT2D eigenvalue weighted by molar-refractivity contribution is 0.0342. The molecule has 0 amide bonds. The third-order valence-corrected chi connectivity index (χ3v) is 4.29. The number of rotatable bonds is 5. The van der Waals surface area contributed by atoms with E-state index in [4.69, 9.17) is 10.5 Å². The first kappa shape index (κ1) is 17.5. The molecule has 1 aliphatic heterocycles. The van der Waals surface area contributed by atoms with E-state index in [9.17, 15) is 0 Å². The van der Waals surface area contributed by atoms with Gasteiger partial charge in [0.15, 0.2) is 5.96 Å². The van der Waals surface area contributed by atoms with Gasteiger partial charge < -0.3 is 15.8 Å². The number of morpholine rings is 1. The summed E-state index contributed by atoms with van der Waals surface area (Å²) in [6.45, 7) is 7.29. The van der Waals surface area contributed by atoms with Crippen molar-refractivity contribution in [2.45, 2.75) is 20.0 Å². The van der Waals surface area contributed by atoms with E-state index in [-0.39, 0.29) is 0 Å². The Bertz CT molecular complexity index is 689. The first-order valence-corrected chi connectivity index (χ1v) is 8.70. The molecule has 0 spiro atoms. The molecule has 0 unspecified atom stereocenters. The molecule has 1 fully saturated rings. The molecule has 5 nitrogen and oxygen atoms in total. The van der Waals surface area contributed by atoms with E-state index in [2.05, 4.69) is 46.4 Å². The average molecular weight is 338 g/mol. The number of nitrogens with two attached hydrogens (primary N) is 1. The quantitative estimate of drug-likeness (QED) is 0.650. The summed E-state index contributed by atoms with van der Waals surface area (Å²) in [5.74, 6) is 0.432. The van der Waals surface area contributed by atoms with E-state index in [1.54, 1.807) is 0 Å². The summed E-state index contributed by atoms with van der Waals surface area (Å²) in [4.78, 5) is 6.83. The number of guanidine groups is 1. The number of hydrogen-bond acceptors (Lipinski definition) is 3. The highest BCUT2D eigenvalue weighted by Crippen LogP contribution is 2.11. The van der Waals surface area contributed by atoms with Crippen LogP contribution in [0.4, 0.5) is 5.69 Å². The van der Waals surface area contributed by atoms with Gasteiger partial charge in [0, 0.05) is 25.3 Å². The summed E-state index contributed by atoms with van der Waals surface area (Å²) >= 11 is 0. The highest BCUT2D eigenvalue weighted by Gasteiger charge is 2.10. The van der Waals surface area contributed by atoms with E-state index in [0.29, 0.717) is 12.5 Å². The molecule has 3 rings (SSSR count). The second-order valence-electron chi connectivity index (χ2n) is 6.40. The Hall–Kier alpha value is -2.37. The van der Waals surface area contributed by atoms with Crippen molar-refractivity contribution in [3.63, 3.8) is 0 Å². The average Bonchev–Trinajstić information content (AvgIpc) is 2.64. The van der Waals surface area contributed by atoms with Gasteiger partial charge >= 0.3 is 0 Å². The van der Waals surface area contributed by atoms with Gasteiger partial charge in [-0.25, -0.2) is 4.99 Å².